The first-order chi connectivity index (χ1) is 19.9. The third kappa shape index (κ3) is 6.92. The molecule has 2 N–H and O–H groups in total. The summed E-state index contributed by atoms with van der Waals surface area (Å²) >= 11 is 0. The number of carbonyl (C=O) groups is 2. The van der Waals surface area contributed by atoms with Crippen LogP contribution in [0.1, 0.15) is 79.9 Å². The zero-order chi connectivity index (χ0) is 30.2. The first-order valence-corrected chi connectivity index (χ1v) is 13.6. The van der Waals surface area contributed by atoms with E-state index in [4.69, 9.17) is 4.52 Å². The van der Waals surface area contributed by atoms with Crippen LogP contribution in [-0.2, 0) is 11.3 Å². The Morgan fingerprint density at radius 1 is 1.14 bits per heavy atom. The molecule has 2 amide bonds. The summed E-state index contributed by atoms with van der Waals surface area (Å²) in [4.78, 5) is 26.9. The largest absolute Gasteiger partial charge is 0.408 e. The Hall–Kier alpha value is -3.92. The van der Waals surface area contributed by atoms with Gasteiger partial charge in [-0.2, -0.15) is 18.3 Å². The van der Waals surface area contributed by atoms with Crippen molar-refractivity contribution in [1.29, 1.82) is 0 Å². The quantitative estimate of drug-likeness (QED) is 0.281. The highest BCUT2D eigenvalue weighted by atomic mass is 19.4. The fourth-order valence-electron chi connectivity index (χ4n) is 5.34. The Kier molecular flexibility index (Phi) is 8.28. The molecule has 2 atom stereocenters. The van der Waals surface area contributed by atoms with Gasteiger partial charge in [-0.3, -0.25) is 19.6 Å². The Morgan fingerprint density at radius 3 is 2.43 bits per heavy atom. The molecule has 12 nitrogen and oxygen atoms in total. The number of halogens is 5. The molecule has 0 bridgehead atoms. The molecule has 0 radical (unpaired) electrons. The van der Waals surface area contributed by atoms with E-state index in [0.717, 1.165) is 31.7 Å². The van der Waals surface area contributed by atoms with E-state index in [2.05, 4.69) is 36.4 Å². The molecule has 42 heavy (non-hydrogen) atoms. The minimum absolute atomic E-state index is 0.0957. The van der Waals surface area contributed by atoms with E-state index in [-0.39, 0.29) is 35.4 Å². The number of alkyl halides is 5. The van der Waals surface area contributed by atoms with E-state index in [1.165, 1.54) is 6.20 Å². The SMILES string of the molecule is CC(C)n1nccc1C(=O)N[C@H](C(=O)Nc1cc(C(CC(F)F)c2nnnn2CC(F)(F)F)no1)C(C1CC1)C1CC1. The zero-order valence-electron chi connectivity index (χ0n) is 22.8. The average molecular weight is 600 g/mol. The van der Waals surface area contributed by atoms with Crippen LogP contribution in [0, 0.1) is 17.8 Å². The highest BCUT2D eigenvalue weighted by Gasteiger charge is 2.48. The Labute approximate surface area is 236 Å². The molecule has 0 saturated heterocycles. The number of amides is 2. The Bertz CT molecular complexity index is 1380. The van der Waals surface area contributed by atoms with Gasteiger partial charge in [0.25, 0.3) is 5.91 Å². The monoisotopic (exact) mass is 599 g/mol. The van der Waals surface area contributed by atoms with Crippen LogP contribution in [0.15, 0.2) is 22.9 Å². The second-order valence-corrected chi connectivity index (χ2v) is 11.1. The summed E-state index contributed by atoms with van der Waals surface area (Å²) in [6, 6.07) is 1.68. The lowest BCUT2D eigenvalue weighted by Gasteiger charge is -2.27. The van der Waals surface area contributed by atoms with Crippen molar-refractivity contribution in [2.24, 2.45) is 17.8 Å². The third-order valence-corrected chi connectivity index (χ3v) is 7.42. The molecule has 2 saturated carbocycles. The molecule has 5 rings (SSSR count). The number of carbonyl (C=O) groups excluding carboxylic acids is 2. The van der Waals surface area contributed by atoms with Crippen LogP contribution in [0.2, 0.25) is 0 Å². The predicted octanol–water partition coefficient (Wildman–Crippen LogP) is 3.96. The summed E-state index contributed by atoms with van der Waals surface area (Å²) in [5.41, 5.74) is 0.104. The summed E-state index contributed by atoms with van der Waals surface area (Å²) in [5.74, 6) is -2.81. The van der Waals surface area contributed by atoms with Gasteiger partial charge in [0.05, 0.1) is 11.6 Å². The summed E-state index contributed by atoms with van der Waals surface area (Å²) in [5, 5.41) is 23.4. The number of hydrogen-bond acceptors (Lipinski definition) is 8. The van der Waals surface area contributed by atoms with E-state index < -0.39 is 55.2 Å². The van der Waals surface area contributed by atoms with Gasteiger partial charge in [-0.25, -0.2) is 13.5 Å². The van der Waals surface area contributed by atoms with Crippen LogP contribution in [0.5, 0.6) is 0 Å². The molecule has 3 aromatic heterocycles. The summed E-state index contributed by atoms with van der Waals surface area (Å²) in [6.07, 6.45) is -3.35. The molecule has 3 aromatic rings. The second-order valence-electron chi connectivity index (χ2n) is 11.1. The minimum atomic E-state index is -4.70. The number of aromatic nitrogens is 7. The van der Waals surface area contributed by atoms with Crippen LogP contribution in [0.25, 0.3) is 0 Å². The molecule has 2 fully saturated rings. The highest BCUT2D eigenvalue weighted by Crippen LogP contribution is 2.51. The number of tetrazole rings is 1. The van der Waals surface area contributed by atoms with Crippen molar-refractivity contribution >= 4 is 17.7 Å². The minimum Gasteiger partial charge on any atom is -0.339 e. The maximum atomic E-state index is 13.6. The van der Waals surface area contributed by atoms with Crippen LogP contribution < -0.4 is 10.6 Å². The molecule has 0 spiro atoms. The predicted molar refractivity (Wildman–Crippen MR) is 134 cm³/mol. The lowest BCUT2D eigenvalue weighted by atomic mass is 9.88. The van der Waals surface area contributed by atoms with Crippen LogP contribution in [0.4, 0.5) is 27.8 Å². The first kappa shape index (κ1) is 29.6. The van der Waals surface area contributed by atoms with Crippen molar-refractivity contribution in [2.45, 2.75) is 83.1 Å². The lowest BCUT2D eigenvalue weighted by Crippen LogP contribution is -2.50. The van der Waals surface area contributed by atoms with Gasteiger partial charge in [-0.1, -0.05) is 5.16 Å². The normalized spacial score (nSPS) is 17.2. The van der Waals surface area contributed by atoms with Gasteiger partial charge in [0.1, 0.15) is 18.3 Å². The maximum Gasteiger partial charge on any atom is 0.408 e. The number of nitrogens with zero attached hydrogens (tertiary/aromatic N) is 7. The van der Waals surface area contributed by atoms with Crippen LogP contribution >= 0.6 is 0 Å². The molecule has 17 heteroatoms. The van der Waals surface area contributed by atoms with Gasteiger partial charge in [0, 0.05) is 24.7 Å². The van der Waals surface area contributed by atoms with Gasteiger partial charge in [-0.15, -0.1) is 5.10 Å². The standard InChI is InChI=1S/C25H30F5N9O3/c1-12(2)39-17(7-8-31-39)23(40)33-21(20(13-3-4-13)14-5-6-14)24(41)32-19-10-16(35-42-19)15(9-18(26)27)22-34-36-37-38(22)11-25(28,29)30/h7-8,10,12-15,18,20-21H,3-6,9,11H2,1-2H3,(H,32,41)(H,33,40)/t15?,21-/m0/s1. The summed E-state index contributed by atoms with van der Waals surface area (Å²) < 4.78 is 73.0. The van der Waals surface area contributed by atoms with Crippen molar-refractivity contribution in [1.82, 2.24) is 40.5 Å². The summed E-state index contributed by atoms with van der Waals surface area (Å²) in [6.45, 7) is 2.16. The zero-order valence-corrected chi connectivity index (χ0v) is 22.8. The first-order valence-electron chi connectivity index (χ1n) is 13.6. The fraction of sp³-hybridized carbons (Fsp3) is 0.640. The van der Waals surface area contributed by atoms with Crippen molar-refractivity contribution < 1.29 is 36.1 Å². The molecule has 0 aliphatic heterocycles. The molecular weight excluding hydrogens is 569 g/mol. The number of hydrogen-bond donors (Lipinski definition) is 2. The van der Waals surface area contributed by atoms with E-state index in [1.807, 2.05) is 13.8 Å². The molecule has 2 aliphatic rings. The van der Waals surface area contributed by atoms with Gasteiger partial charge < -0.3 is 9.84 Å². The van der Waals surface area contributed by atoms with Crippen molar-refractivity contribution in [2.75, 3.05) is 5.32 Å². The molecule has 0 aromatic carbocycles. The molecule has 3 heterocycles. The third-order valence-electron chi connectivity index (χ3n) is 7.42. The topological polar surface area (TPSA) is 146 Å². The lowest BCUT2D eigenvalue weighted by molar-refractivity contribution is -0.143. The number of anilines is 1. The average Bonchev–Trinajstić information content (AvgIpc) is 3.76. The van der Waals surface area contributed by atoms with E-state index in [0.29, 0.717) is 10.4 Å². The van der Waals surface area contributed by atoms with Gasteiger partial charge in [0.2, 0.25) is 18.2 Å². The van der Waals surface area contributed by atoms with E-state index in [9.17, 15) is 31.5 Å². The number of rotatable bonds is 13. The van der Waals surface area contributed by atoms with Gasteiger partial charge >= 0.3 is 6.18 Å². The van der Waals surface area contributed by atoms with E-state index in [1.54, 1.807) is 10.7 Å². The van der Waals surface area contributed by atoms with Gasteiger partial charge in [-0.05, 0) is 73.8 Å². The molecule has 1 unspecified atom stereocenters. The van der Waals surface area contributed by atoms with E-state index >= 15 is 0 Å². The van der Waals surface area contributed by atoms with Crippen LogP contribution in [0.3, 0.4) is 0 Å². The smallest absolute Gasteiger partial charge is 0.339 e. The maximum absolute atomic E-state index is 13.6. The van der Waals surface area contributed by atoms with Crippen molar-refractivity contribution in [3.05, 3.63) is 35.5 Å². The molecular formula is C25H30F5N9O3. The Balaban J connectivity index is 1.37. The number of nitrogens with one attached hydrogen (secondary N) is 2. The second kappa shape index (κ2) is 11.8. The van der Waals surface area contributed by atoms with Gasteiger partial charge in [0.15, 0.2) is 5.82 Å². The van der Waals surface area contributed by atoms with Crippen molar-refractivity contribution in [3.63, 3.8) is 0 Å². The molecule has 228 valence electrons. The Morgan fingerprint density at radius 2 is 1.83 bits per heavy atom. The summed E-state index contributed by atoms with van der Waals surface area (Å²) in [7, 11) is 0. The van der Waals surface area contributed by atoms with Crippen LogP contribution in [-0.4, -0.2) is 65.6 Å². The molecule has 2 aliphatic carbocycles. The van der Waals surface area contributed by atoms with Crippen molar-refractivity contribution in [3.8, 4) is 0 Å². The fourth-order valence-corrected chi connectivity index (χ4v) is 5.34. The highest BCUT2D eigenvalue weighted by molar-refractivity contribution is 6.00.